The zero-order valence-electron chi connectivity index (χ0n) is 42.2. The van der Waals surface area contributed by atoms with E-state index < -0.39 is 171 Å². The Morgan fingerprint density at radius 2 is 0.693 bits per heavy atom. The summed E-state index contributed by atoms with van der Waals surface area (Å²) in [6, 6.07) is -8.65. The Morgan fingerprint density at radius 1 is 0.360 bits per heavy atom. The number of nitrogens with one attached hydrogen (secondary N) is 12. The number of unbranched alkanes of at least 4 members (excludes halogenated alkanes) is 2. The van der Waals surface area contributed by atoms with Gasteiger partial charge in [-0.1, -0.05) is 0 Å². The van der Waals surface area contributed by atoms with Gasteiger partial charge in [-0.25, -0.2) is 14.4 Å². The van der Waals surface area contributed by atoms with Gasteiger partial charge >= 0.3 is 17.9 Å². The molecule has 0 saturated carbocycles. The molecule has 0 aliphatic carbocycles. The number of hydrogen-bond acceptors (Lipinski definition) is 17. The Morgan fingerprint density at radius 3 is 1.07 bits per heavy atom. The first-order valence-electron chi connectivity index (χ1n) is 23.7. The molecule has 0 bridgehead atoms. The van der Waals surface area contributed by atoms with Crippen LogP contribution in [-0.2, 0) is 71.9 Å². The maximum atomic E-state index is 13.2. The van der Waals surface area contributed by atoms with E-state index in [4.69, 9.17) is 11.5 Å². The fourth-order valence-electron chi connectivity index (χ4n) is 5.90. The van der Waals surface area contributed by atoms with Gasteiger partial charge in [0.1, 0.15) is 30.2 Å². The van der Waals surface area contributed by atoms with E-state index in [0.717, 1.165) is 0 Å². The van der Waals surface area contributed by atoms with Crippen LogP contribution in [0.1, 0.15) is 91.9 Å². The minimum atomic E-state index is -1.45. The lowest BCUT2D eigenvalue weighted by atomic mass is 10.1. The van der Waals surface area contributed by atoms with Crippen LogP contribution in [0.3, 0.4) is 0 Å². The summed E-state index contributed by atoms with van der Waals surface area (Å²) in [4.78, 5) is 181. The third-order valence-corrected chi connectivity index (χ3v) is 10.2. The summed E-state index contributed by atoms with van der Waals surface area (Å²) in [7, 11) is 0. The second kappa shape index (κ2) is 36.8. The van der Waals surface area contributed by atoms with Crippen molar-refractivity contribution >= 4 is 88.8 Å². The Balaban J connectivity index is 4.65. The molecule has 0 aliphatic heterocycles. The molecule has 0 rings (SSSR count). The van der Waals surface area contributed by atoms with Crippen molar-refractivity contribution in [2.24, 2.45) is 11.5 Å². The van der Waals surface area contributed by atoms with Gasteiger partial charge in [0.15, 0.2) is 0 Å². The van der Waals surface area contributed by atoms with E-state index in [1.165, 1.54) is 27.7 Å². The van der Waals surface area contributed by atoms with Crippen LogP contribution in [0, 0.1) is 0 Å². The van der Waals surface area contributed by atoms with Gasteiger partial charge < -0.3 is 90.6 Å². The number of carboxylic acid groups (broad SMARTS) is 3. The van der Waals surface area contributed by atoms with Crippen LogP contribution in [0.2, 0.25) is 0 Å². The lowest BCUT2D eigenvalue weighted by Crippen LogP contribution is -2.54. The van der Waals surface area contributed by atoms with Gasteiger partial charge in [0.25, 0.3) is 0 Å². The quantitative estimate of drug-likeness (QED) is 0.0255. The molecule has 7 unspecified atom stereocenters. The summed E-state index contributed by atoms with van der Waals surface area (Å²) in [5, 5.41) is 55.9. The summed E-state index contributed by atoms with van der Waals surface area (Å²) in [6.45, 7) is 2.65. The van der Waals surface area contributed by atoms with Crippen LogP contribution in [-0.4, -0.2) is 192 Å². The average molecular weight is 1070 g/mol. The van der Waals surface area contributed by atoms with Gasteiger partial charge in [0, 0.05) is 32.9 Å². The van der Waals surface area contributed by atoms with Crippen molar-refractivity contribution in [1.29, 1.82) is 0 Å². The maximum absolute atomic E-state index is 13.2. The van der Waals surface area contributed by atoms with Gasteiger partial charge in [0.2, 0.25) is 70.9 Å². The molecule has 19 N–H and O–H groups in total. The number of carbonyl (C=O) groups excluding carboxylic acids is 12. The second-order valence-electron chi connectivity index (χ2n) is 16.9. The Hall–Kier alpha value is -8.03. The lowest BCUT2D eigenvalue weighted by molar-refractivity contribution is -0.143. The highest BCUT2D eigenvalue weighted by molar-refractivity contribution is 5.95. The monoisotopic (exact) mass is 1070 g/mol. The third kappa shape index (κ3) is 32.6. The number of amides is 12. The minimum Gasteiger partial charge on any atom is -0.480 e. The molecule has 0 radical (unpaired) electrons. The number of rotatable bonds is 38. The molecular formula is C43H72N14O18. The number of carbonyl (C=O) groups is 15. The van der Waals surface area contributed by atoms with Crippen molar-refractivity contribution in [1.82, 2.24) is 63.8 Å². The van der Waals surface area contributed by atoms with Gasteiger partial charge in [-0.15, -0.1) is 0 Å². The highest BCUT2D eigenvalue weighted by Crippen LogP contribution is 2.07. The molecule has 0 aromatic rings. The summed E-state index contributed by atoms with van der Waals surface area (Å²) in [5.41, 5.74) is 10.9. The molecular weight excluding hydrogens is 1000 g/mol. The Bertz CT molecular complexity index is 2040. The van der Waals surface area contributed by atoms with E-state index in [2.05, 4.69) is 63.8 Å². The normalized spacial score (nSPS) is 13.4. The number of aliphatic carboxylic acids is 3. The van der Waals surface area contributed by atoms with Crippen molar-refractivity contribution in [3.05, 3.63) is 0 Å². The second-order valence-corrected chi connectivity index (χ2v) is 16.9. The first-order chi connectivity index (χ1) is 35.1. The Labute approximate surface area is 430 Å². The van der Waals surface area contributed by atoms with Crippen LogP contribution in [0.25, 0.3) is 0 Å². The molecule has 12 amide bonds. The first-order valence-corrected chi connectivity index (χ1v) is 23.7. The molecule has 0 aromatic carbocycles. The molecule has 75 heavy (non-hydrogen) atoms. The van der Waals surface area contributed by atoms with Crippen molar-refractivity contribution in [2.75, 3.05) is 45.8 Å². The molecule has 0 heterocycles. The van der Waals surface area contributed by atoms with E-state index in [1.807, 2.05) is 0 Å². The lowest BCUT2D eigenvalue weighted by Gasteiger charge is -2.22. The standard InChI is InChI=1S/C43H72N14O18/c1-22(44)37(66)56-28(42(72)73)11-13-30(59)54-26(9-5-7-15-46-25(4)58)40(69)53-24(3)39(68)52-21-36(65)51-20-35(64)50-19-34(63)49-18-33(62)48-17-32(61)47-16-8-6-10-27(41(70)71)55-31(60)14-12-29(43(74)75)57-38(67)23(2)45/h22-24,26-29H,5-21,44-45H2,1-4H3,(H,46,58)(H,47,61)(H,48,62)(H,49,63)(H,50,64)(H,51,65)(H,52,68)(H,53,69)(H,54,59)(H,55,60)(H,56,66)(H,57,67)(H,70,71)(H,72,73)(H,74,75). The zero-order chi connectivity index (χ0) is 57.2. The zero-order valence-corrected chi connectivity index (χ0v) is 42.2. The molecule has 0 aromatic heterocycles. The smallest absolute Gasteiger partial charge is 0.326 e. The number of nitrogens with two attached hydrogens (primary N) is 2. The molecule has 0 spiro atoms. The van der Waals surface area contributed by atoms with Crippen LogP contribution in [0.4, 0.5) is 0 Å². The molecule has 422 valence electrons. The van der Waals surface area contributed by atoms with E-state index >= 15 is 0 Å². The Kier molecular flexibility index (Phi) is 32.9. The molecule has 0 fully saturated rings. The molecule has 0 aliphatic rings. The number of carboxylic acids is 3. The molecule has 32 heteroatoms. The predicted molar refractivity (Wildman–Crippen MR) is 258 cm³/mol. The minimum absolute atomic E-state index is 0.0398. The van der Waals surface area contributed by atoms with Crippen LogP contribution < -0.4 is 75.3 Å². The molecule has 0 saturated heterocycles. The van der Waals surface area contributed by atoms with E-state index in [1.54, 1.807) is 0 Å². The summed E-state index contributed by atoms with van der Waals surface area (Å²) in [6.07, 6.45) is -0.233. The summed E-state index contributed by atoms with van der Waals surface area (Å²) < 4.78 is 0. The maximum Gasteiger partial charge on any atom is 0.326 e. The van der Waals surface area contributed by atoms with Gasteiger partial charge in [-0.2, -0.15) is 0 Å². The summed E-state index contributed by atoms with van der Waals surface area (Å²) >= 11 is 0. The molecule has 32 nitrogen and oxygen atoms in total. The number of hydrogen-bond donors (Lipinski definition) is 17. The highest BCUT2D eigenvalue weighted by atomic mass is 16.4. The van der Waals surface area contributed by atoms with Crippen LogP contribution in [0.5, 0.6) is 0 Å². The average Bonchev–Trinajstić information content (AvgIpc) is 3.33. The van der Waals surface area contributed by atoms with Crippen molar-refractivity contribution in [3.63, 3.8) is 0 Å². The fourth-order valence-corrected chi connectivity index (χ4v) is 5.90. The van der Waals surface area contributed by atoms with E-state index in [0.29, 0.717) is 12.8 Å². The SMILES string of the molecule is CC(=O)NCCCCC(NC(=O)CCC(NC(=O)C(C)N)C(=O)O)C(=O)NC(C)C(=O)NCC(=O)NCC(=O)NCC(=O)NCC(=O)NCC(=O)NCCCCC(NC(=O)CCC(NC(=O)C(C)N)C(=O)O)C(=O)O. The largest absolute Gasteiger partial charge is 0.480 e. The third-order valence-electron chi connectivity index (χ3n) is 10.2. The highest BCUT2D eigenvalue weighted by Gasteiger charge is 2.28. The van der Waals surface area contributed by atoms with Crippen molar-refractivity contribution in [3.8, 4) is 0 Å². The molecule has 7 atom stereocenters. The van der Waals surface area contributed by atoms with E-state index in [9.17, 15) is 87.2 Å². The van der Waals surface area contributed by atoms with Gasteiger partial charge in [-0.05, 0) is 72.1 Å². The fraction of sp³-hybridized carbons (Fsp3) is 0.651. The van der Waals surface area contributed by atoms with Gasteiger partial charge in [-0.3, -0.25) is 57.5 Å². The van der Waals surface area contributed by atoms with Gasteiger partial charge in [0.05, 0.1) is 44.8 Å². The predicted octanol–water partition coefficient (Wildman–Crippen LogP) is -7.89. The van der Waals surface area contributed by atoms with E-state index in [-0.39, 0.29) is 57.5 Å². The van der Waals surface area contributed by atoms with Crippen molar-refractivity contribution in [2.45, 2.75) is 134 Å². The topological polar surface area (TPSA) is 513 Å². The van der Waals surface area contributed by atoms with Crippen LogP contribution >= 0.6 is 0 Å². The first kappa shape index (κ1) is 67.0. The van der Waals surface area contributed by atoms with Crippen LogP contribution in [0.15, 0.2) is 0 Å². The van der Waals surface area contributed by atoms with Crippen molar-refractivity contribution < 1.29 is 87.2 Å². The summed E-state index contributed by atoms with van der Waals surface area (Å²) in [5.74, 6) is -13.0.